The van der Waals surface area contributed by atoms with Crippen LogP contribution in [-0.4, -0.2) is 12.4 Å². The molecule has 0 fully saturated rings. The Labute approximate surface area is 140 Å². The van der Waals surface area contributed by atoms with Crippen molar-refractivity contribution in [1.82, 2.24) is 0 Å². The minimum atomic E-state index is -0.345. The monoisotopic (exact) mass is 416 g/mol. The smallest absolute Gasteiger partial charge is 0.168 e. The maximum Gasteiger partial charge on any atom is 0.168 e. The van der Waals surface area contributed by atoms with E-state index in [0.29, 0.717) is 20.8 Å². The molecule has 2 aromatic rings. The Bertz CT molecular complexity index is 730. The summed E-state index contributed by atoms with van der Waals surface area (Å²) in [7, 11) is 0. The molecule has 0 radical (unpaired) electrons. The molecule has 0 N–H and O–H groups in total. The first-order chi connectivity index (χ1) is 10.0. The summed E-state index contributed by atoms with van der Waals surface area (Å²) in [4.78, 5) is 12.4. The van der Waals surface area contributed by atoms with Gasteiger partial charge in [-0.25, -0.2) is 4.39 Å². The number of rotatable bonds is 3. The second-order valence-electron chi connectivity index (χ2n) is 4.88. The van der Waals surface area contributed by atoms with Gasteiger partial charge in [0, 0.05) is 32.6 Å². The van der Waals surface area contributed by atoms with Gasteiger partial charge in [-0.05, 0) is 58.5 Å². The van der Waals surface area contributed by atoms with Gasteiger partial charge in [-0.2, -0.15) is 0 Å². The highest BCUT2D eigenvalue weighted by molar-refractivity contribution is 14.1. The van der Waals surface area contributed by atoms with Crippen molar-refractivity contribution in [1.29, 1.82) is 0 Å². The number of benzene rings is 2. The molecule has 21 heavy (non-hydrogen) atoms. The molecule has 108 valence electrons. The van der Waals surface area contributed by atoms with Gasteiger partial charge in [0.2, 0.25) is 0 Å². The molecule has 0 aliphatic carbocycles. The molecule has 0 amide bonds. The van der Waals surface area contributed by atoms with Crippen molar-refractivity contribution >= 4 is 40.0 Å². The molecule has 1 aliphatic rings. The van der Waals surface area contributed by atoms with Crippen LogP contribution in [-0.2, 0) is 12.8 Å². The van der Waals surface area contributed by atoms with Gasteiger partial charge in [-0.1, -0.05) is 11.6 Å². The number of fused-ring (bicyclic) bond motifs is 1. The summed E-state index contributed by atoms with van der Waals surface area (Å²) >= 11 is 8.06. The molecule has 0 aromatic heterocycles. The third kappa shape index (κ3) is 3.06. The Hall–Kier alpha value is -1.14. The van der Waals surface area contributed by atoms with Gasteiger partial charge in [0.05, 0.1) is 6.61 Å². The van der Waals surface area contributed by atoms with E-state index in [4.69, 9.17) is 16.3 Å². The van der Waals surface area contributed by atoms with Gasteiger partial charge in [0.15, 0.2) is 5.78 Å². The zero-order valence-corrected chi connectivity index (χ0v) is 13.9. The molecule has 0 saturated carbocycles. The van der Waals surface area contributed by atoms with Crippen LogP contribution in [0.4, 0.5) is 4.39 Å². The highest BCUT2D eigenvalue weighted by Gasteiger charge is 2.20. The van der Waals surface area contributed by atoms with E-state index < -0.39 is 0 Å². The summed E-state index contributed by atoms with van der Waals surface area (Å²) in [6, 6.07) is 7.81. The van der Waals surface area contributed by atoms with Crippen molar-refractivity contribution in [3.05, 3.63) is 61.4 Å². The van der Waals surface area contributed by atoms with Crippen LogP contribution >= 0.6 is 34.2 Å². The number of ether oxygens (including phenoxy) is 1. The number of Topliss-reactive ketones (excluding diaryl/α,β-unsaturated/α-hetero) is 1. The van der Waals surface area contributed by atoms with Crippen molar-refractivity contribution in [2.45, 2.75) is 12.8 Å². The van der Waals surface area contributed by atoms with Crippen LogP contribution in [0.2, 0.25) is 5.02 Å². The summed E-state index contributed by atoms with van der Waals surface area (Å²) in [6.07, 6.45) is 1.01. The van der Waals surface area contributed by atoms with E-state index in [0.717, 1.165) is 23.3 Å². The highest BCUT2D eigenvalue weighted by Crippen LogP contribution is 2.33. The SMILES string of the molecule is O=C(Cc1cc(Cl)cc2c1OCC2)c1ccc(F)cc1I. The molecule has 0 spiro atoms. The first-order valence-electron chi connectivity index (χ1n) is 6.47. The average molecular weight is 417 g/mol. The van der Waals surface area contributed by atoms with Gasteiger partial charge in [0.1, 0.15) is 11.6 Å². The molecule has 3 rings (SSSR count). The van der Waals surface area contributed by atoms with Crippen LogP contribution in [0.25, 0.3) is 0 Å². The van der Waals surface area contributed by atoms with Gasteiger partial charge in [0.25, 0.3) is 0 Å². The van der Waals surface area contributed by atoms with Crippen molar-refractivity contribution in [2.24, 2.45) is 0 Å². The fourth-order valence-corrected chi connectivity index (χ4v) is 3.50. The summed E-state index contributed by atoms with van der Waals surface area (Å²) in [5.41, 5.74) is 2.35. The zero-order valence-electron chi connectivity index (χ0n) is 11.0. The first-order valence-corrected chi connectivity index (χ1v) is 7.92. The minimum absolute atomic E-state index is 0.0700. The van der Waals surface area contributed by atoms with E-state index in [-0.39, 0.29) is 18.0 Å². The van der Waals surface area contributed by atoms with Crippen molar-refractivity contribution in [2.75, 3.05) is 6.61 Å². The number of hydrogen-bond acceptors (Lipinski definition) is 2. The fourth-order valence-electron chi connectivity index (χ4n) is 2.46. The van der Waals surface area contributed by atoms with Crippen molar-refractivity contribution < 1.29 is 13.9 Å². The van der Waals surface area contributed by atoms with Gasteiger partial charge in [-0.3, -0.25) is 4.79 Å². The van der Waals surface area contributed by atoms with Gasteiger partial charge >= 0.3 is 0 Å². The molecule has 1 aliphatic heterocycles. The number of carbonyl (C=O) groups excluding carboxylic acids is 1. The van der Waals surface area contributed by atoms with Crippen LogP contribution in [0.1, 0.15) is 21.5 Å². The molecule has 2 nitrogen and oxygen atoms in total. The molecule has 0 saturated heterocycles. The third-order valence-corrected chi connectivity index (χ3v) is 4.52. The molecule has 0 bridgehead atoms. The minimum Gasteiger partial charge on any atom is -0.493 e. The number of carbonyl (C=O) groups is 1. The molecule has 0 unspecified atom stereocenters. The summed E-state index contributed by atoms with van der Waals surface area (Å²) in [5, 5.41) is 0.607. The largest absolute Gasteiger partial charge is 0.493 e. The van der Waals surface area contributed by atoms with Crippen LogP contribution in [0.3, 0.4) is 0 Å². The quantitative estimate of drug-likeness (QED) is 0.546. The zero-order chi connectivity index (χ0) is 15.0. The maximum atomic E-state index is 13.1. The Morgan fingerprint density at radius 3 is 2.90 bits per heavy atom. The average Bonchev–Trinajstić information content (AvgIpc) is 2.86. The number of halogens is 3. The third-order valence-electron chi connectivity index (χ3n) is 3.41. The predicted molar refractivity (Wildman–Crippen MR) is 87.8 cm³/mol. The van der Waals surface area contributed by atoms with E-state index in [9.17, 15) is 9.18 Å². The topological polar surface area (TPSA) is 26.3 Å². The Kier molecular flexibility index (Phi) is 4.17. The van der Waals surface area contributed by atoms with E-state index in [1.807, 2.05) is 28.7 Å². The highest BCUT2D eigenvalue weighted by atomic mass is 127. The van der Waals surface area contributed by atoms with E-state index in [1.165, 1.54) is 18.2 Å². The Morgan fingerprint density at radius 1 is 1.33 bits per heavy atom. The molecule has 1 heterocycles. The summed E-state index contributed by atoms with van der Waals surface area (Å²) in [5.74, 6) is 0.354. The predicted octanol–water partition coefficient (Wildman–Crippen LogP) is 4.44. The molecule has 5 heteroatoms. The van der Waals surface area contributed by atoms with Gasteiger partial charge < -0.3 is 4.74 Å². The maximum absolute atomic E-state index is 13.1. The second kappa shape index (κ2) is 5.93. The van der Waals surface area contributed by atoms with Crippen molar-refractivity contribution in [3.8, 4) is 5.75 Å². The van der Waals surface area contributed by atoms with Crippen LogP contribution in [0.5, 0.6) is 5.75 Å². The summed E-state index contributed by atoms with van der Waals surface area (Å²) < 4.78 is 19.3. The summed E-state index contributed by atoms with van der Waals surface area (Å²) in [6.45, 7) is 0.616. The Morgan fingerprint density at radius 2 is 2.14 bits per heavy atom. The van der Waals surface area contributed by atoms with E-state index in [2.05, 4.69) is 0 Å². The second-order valence-corrected chi connectivity index (χ2v) is 6.47. The van der Waals surface area contributed by atoms with Crippen LogP contribution in [0, 0.1) is 9.39 Å². The first kappa shape index (κ1) is 14.8. The standard InChI is InChI=1S/C16H11ClFIO2/c17-11-5-9-3-4-21-16(9)10(6-11)7-15(20)13-2-1-12(18)8-14(13)19/h1-2,5-6,8H,3-4,7H2. The fraction of sp³-hybridized carbons (Fsp3) is 0.188. The lowest BCUT2D eigenvalue weighted by Crippen LogP contribution is -2.07. The number of hydrogen-bond donors (Lipinski definition) is 0. The van der Waals surface area contributed by atoms with Crippen LogP contribution < -0.4 is 4.74 Å². The van der Waals surface area contributed by atoms with Crippen molar-refractivity contribution in [3.63, 3.8) is 0 Å². The lowest BCUT2D eigenvalue weighted by molar-refractivity contribution is 0.0991. The molecule has 2 aromatic carbocycles. The lowest BCUT2D eigenvalue weighted by Gasteiger charge is -2.09. The normalized spacial score (nSPS) is 12.9. The van der Waals surface area contributed by atoms with E-state index in [1.54, 1.807) is 6.07 Å². The molecular weight excluding hydrogens is 406 g/mol. The van der Waals surface area contributed by atoms with Gasteiger partial charge in [-0.15, -0.1) is 0 Å². The van der Waals surface area contributed by atoms with E-state index >= 15 is 0 Å². The lowest BCUT2D eigenvalue weighted by atomic mass is 10.00. The number of ketones is 1. The molecule has 0 atom stereocenters. The molecular formula is C16H11ClFIO2. The van der Waals surface area contributed by atoms with Crippen LogP contribution in [0.15, 0.2) is 30.3 Å². The Balaban J connectivity index is 1.92.